The van der Waals surface area contributed by atoms with Gasteiger partial charge in [-0.25, -0.2) is 13.9 Å². The summed E-state index contributed by atoms with van der Waals surface area (Å²) in [6.07, 6.45) is 6.56. The van der Waals surface area contributed by atoms with E-state index in [-0.39, 0.29) is 6.04 Å². The summed E-state index contributed by atoms with van der Waals surface area (Å²) < 4.78 is 27.5. The van der Waals surface area contributed by atoms with Gasteiger partial charge in [0.15, 0.2) is 9.84 Å². The molecule has 2 N–H and O–H groups in total. The van der Waals surface area contributed by atoms with E-state index in [1.807, 2.05) is 36.0 Å². The van der Waals surface area contributed by atoms with Crippen molar-refractivity contribution in [1.82, 2.24) is 10.4 Å². The van der Waals surface area contributed by atoms with Gasteiger partial charge >= 0.3 is 0 Å². The largest absolute Gasteiger partial charge is 0.369 e. The molecule has 3 aliphatic heterocycles. The minimum Gasteiger partial charge on any atom is -0.369 e. The van der Waals surface area contributed by atoms with Crippen LogP contribution in [0.25, 0.3) is 0 Å². The monoisotopic (exact) mass is 418 g/mol. The number of hydroxylamine groups is 1. The van der Waals surface area contributed by atoms with Crippen LogP contribution in [-0.2, 0) is 14.6 Å². The number of carbonyl (C=O) groups excluding carboxylic acids is 1. The standard InChI is InChI=1S/C21H28N3O4S/c1-23-15-8-9-16(21(23,11-10-15)20(25)22-26)19-13-24(12-14-6-7-14)17-4-2-3-5-18(17)29(19,27)28/h2-5,9,14-16,19,26H,6-8,10-13H2,1H3,(H,22,25). The van der Waals surface area contributed by atoms with Crippen LogP contribution in [0.15, 0.2) is 29.2 Å². The van der Waals surface area contributed by atoms with Gasteiger partial charge in [-0.15, -0.1) is 0 Å². The molecule has 1 aromatic rings. The average Bonchev–Trinajstić information content (AvgIpc) is 3.51. The number of piperidine rings is 1. The zero-order valence-electron chi connectivity index (χ0n) is 16.6. The Balaban J connectivity index is 1.60. The van der Waals surface area contributed by atoms with E-state index in [9.17, 15) is 18.4 Å². The van der Waals surface area contributed by atoms with Crippen molar-refractivity contribution in [2.75, 3.05) is 25.0 Å². The number of likely N-dealkylation sites (N-methyl/N-ethyl adjacent to an activating group) is 1. The summed E-state index contributed by atoms with van der Waals surface area (Å²) in [7, 11) is -1.73. The Kier molecular flexibility index (Phi) is 4.46. The van der Waals surface area contributed by atoms with Gasteiger partial charge in [-0.1, -0.05) is 12.1 Å². The van der Waals surface area contributed by atoms with Gasteiger partial charge in [0.25, 0.3) is 5.91 Å². The molecular weight excluding hydrogens is 390 g/mol. The molecule has 1 amide bonds. The molecule has 0 spiro atoms. The molecule has 29 heavy (non-hydrogen) atoms. The Labute approximate surface area is 171 Å². The van der Waals surface area contributed by atoms with Crippen LogP contribution < -0.4 is 10.4 Å². The van der Waals surface area contributed by atoms with Crippen LogP contribution >= 0.6 is 0 Å². The normalized spacial score (nSPS) is 35.9. The first-order chi connectivity index (χ1) is 13.9. The van der Waals surface area contributed by atoms with E-state index in [2.05, 4.69) is 4.90 Å². The first kappa shape index (κ1) is 19.3. The second-order valence-corrected chi connectivity index (χ2v) is 11.2. The summed E-state index contributed by atoms with van der Waals surface area (Å²) in [5.74, 6) is -0.349. The number of amides is 1. The number of benzene rings is 1. The quantitative estimate of drug-likeness (QED) is 0.571. The van der Waals surface area contributed by atoms with Gasteiger partial charge in [0.1, 0.15) is 5.54 Å². The van der Waals surface area contributed by atoms with E-state index in [1.54, 1.807) is 12.1 Å². The Bertz CT molecular complexity index is 932. The van der Waals surface area contributed by atoms with Gasteiger partial charge in [0.05, 0.1) is 15.8 Å². The molecule has 3 heterocycles. The lowest BCUT2D eigenvalue weighted by Crippen LogP contribution is -2.66. The lowest BCUT2D eigenvalue weighted by atomic mass is 9.74. The molecule has 0 aromatic heterocycles. The number of carbonyl (C=O) groups is 1. The number of sulfone groups is 1. The Morgan fingerprint density at radius 2 is 2.03 bits per heavy atom. The third kappa shape index (κ3) is 2.75. The van der Waals surface area contributed by atoms with Gasteiger partial charge in [-0.3, -0.25) is 14.9 Å². The molecule has 157 valence electrons. The van der Waals surface area contributed by atoms with Crippen molar-refractivity contribution < 1.29 is 18.4 Å². The third-order valence-electron chi connectivity index (χ3n) is 7.63. The summed E-state index contributed by atoms with van der Waals surface area (Å²) in [5, 5.41) is 8.79. The molecule has 8 heteroatoms. The second-order valence-electron chi connectivity index (χ2n) is 9.07. The SMILES string of the molecule is CN1C2C[CH]C(C3CN(CC4CC4)c4ccccc4S3(=O)=O)C1(C(=O)NO)CC2. The Hall–Kier alpha value is -1.64. The van der Waals surface area contributed by atoms with Crippen LogP contribution in [0.2, 0.25) is 0 Å². The maximum Gasteiger partial charge on any atom is 0.264 e. The number of rotatable bonds is 4. The van der Waals surface area contributed by atoms with Crippen LogP contribution in [0.4, 0.5) is 5.69 Å². The summed E-state index contributed by atoms with van der Waals surface area (Å²) in [6, 6.07) is 7.46. The highest BCUT2D eigenvalue weighted by Gasteiger charge is 2.62. The molecule has 4 unspecified atom stereocenters. The van der Waals surface area contributed by atoms with Gasteiger partial charge < -0.3 is 4.90 Å². The molecule has 1 saturated carbocycles. The number of anilines is 1. The highest BCUT2D eigenvalue weighted by atomic mass is 32.2. The van der Waals surface area contributed by atoms with Crippen LogP contribution in [0, 0.1) is 18.3 Å². The predicted molar refractivity (Wildman–Crippen MR) is 108 cm³/mol. The fourth-order valence-electron chi connectivity index (χ4n) is 5.87. The zero-order valence-corrected chi connectivity index (χ0v) is 17.4. The summed E-state index contributed by atoms with van der Waals surface area (Å²) >= 11 is 0. The summed E-state index contributed by atoms with van der Waals surface area (Å²) in [6.45, 7) is 1.24. The van der Waals surface area contributed by atoms with Crippen molar-refractivity contribution in [1.29, 1.82) is 0 Å². The van der Waals surface area contributed by atoms with Crippen molar-refractivity contribution in [2.24, 2.45) is 11.8 Å². The van der Waals surface area contributed by atoms with Crippen LogP contribution in [0.3, 0.4) is 0 Å². The molecule has 2 bridgehead atoms. The third-order valence-corrected chi connectivity index (χ3v) is 9.83. The molecule has 4 aliphatic rings. The highest BCUT2D eigenvalue weighted by molar-refractivity contribution is 7.92. The van der Waals surface area contributed by atoms with Crippen molar-refractivity contribution >= 4 is 21.4 Å². The zero-order chi connectivity index (χ0) is 20.4. The number of fused-ring (bicyclic) bond motifs is 3. The predicted octanol–water partition coefficient (Wildman–Crippen LogP) is 1.62. The highest BCUT2D eigenvalue weighted by Crippen LogP contribution is 2.51. The smallest absolute Gasteiger partial charge is 0.264 e. The number of hydrogen-bond donors (Lipinski definition) is 2. The van der Waals surface area contributed by atoms with Gasteiger partial charge in [-0.2, -0.15) is 0 Å². The van der Waals surface area contributed by atoms with Crippen LogP contribution in [-0.4, -0.2) is 61.4 Å². The second kappa shape index (κ2) is 6.68. The average molecular weight is 419 g/mol. The molecule has 1 radical (unpaired) electrons. The minimum absolute atomic E-state index is 0.213. The number of nitrogens with one attached hydrogen (secondary N) is 1. The molecule has 4 atom stereocenters. The maximum absolute atomic E-state index is 13.7. The fraction of sp³-hybridized carbons (Fsp3) is 0.619. The number of para-hydroxylation sites is 1. The van der Waals surface area contributed by atoms with Crippen LogP contribution in [0.5, 0.6) is 0 Å². The molecular formula is C21H28N3O4S. The molecule has 7 nitrogen and oxygen atoms in total. The van der Waals surface area contributed by atoms with Gasteiger partial charge in [0, 0.05) is 25.0 Å². The lowest BCUT2D eigenvalue weighted by Gasteiger charge is -2.50. The van der Waals surface area contributed by atoms with Gasteiger partial charge in [-0.05, 0) is 63.6 Å². The van der Waals surface area contributed by atoms with Crippen molar-refractivity contribution in [3.8, 4) is 0 Å². The van der Waals surface area contributed by atoms with Crippen LogP contribution in [0.1, 0.15) is 32.1 Å². The topological polar surface area (TPSA) is 90.0 Å². The molecule has 1 aliphatic carbocycles. The molecule has 5 rings (SSSR count). The van der Waals surface area contributed by atoms with Crippen molar-refractivity contribution in [2.45, 2.75) is 53.8 Å². The molecule has 1 aromatic carbocycles. The summed E-state index contributed by atoms with van der Waals surface area (Å²) in [5.41, 5.74) is 1.60. The number of hydrogen-bond acceptors (Lipinski definition) is 6. The maximum atomic E-state index is 13.7. The summed E-state index contributed by atoms with van der Waals surface area (Å²) in [4.78, 5) is 17.5. The first-order valence-corrected chi connectivity index (χ1v) is 12.0. The van der Waals surface area contributed by atoms with E-state index in [0.717, 1.165) is 25.1 Å². The van der Waals surface area contributed by atoms with Crippen molar-refractivity contribution in [3.63, 3.8) is 0 Å². The Morgan fingerprint density at radius 1 is 1.28 bits per heavy atom. The van der Waals surface area contributed by atoms with E-state index in [0.29, 0.717) is 23.8 Å². The fourth-order valence-corrected chi connectivity index (χ4v) is 8.05. The minimum atomic E-state index is -3.62. The first-order valence-electron chi connectivity index (χ1n) is 10.5. The van der Waals surface area contributed by atoms with E-state index >= 15 is 0 Å². The van der Waals surface area contributed by atoms with E-state index < -0.39 is 32.5 Å². The Morgan fingerprint density at radius 3 is 2.76 bits per heavy atom. The number of nitrogens with zero attached hydrogens (tertiary/aromatic N) is 2. The lowest BCUT2D eigenvalue weighted by molar-refractivity contribution is -0.145. The van der Waals surface area contributed by atoms with Crippen molar-refractivity contribution in [3.05, 3.63) is 30.7 Å². The molecule has 2 saturated heterocycles. The van der Waals surface area contributed by atoms with E-state index in [1.165, 1.54) is 12.8 Å². The van der Waals surface area contributed by atoms with E-state index in [4.69, 9.17) is 0 Å². The van der Waals surface area contributed by atoms with Gasteiger partial charge in [0.2, 0.25) is 0 Å². The molecule has 3 fully saturated rings.